The molecule has 1 N–H and O–H groups in total. The molecule has 1 aliphatic heterocycles. The van der Waals surface area contributed by atoms with Crippen molar-refractivity contribution in [1.29, 1.82) is 0 Å². The SMILES string of the molecule is COC(=O)/C=c1/[nH]c2n(c1=O)C(C)=CC(C)(C)N=2. The van der Waals surface area contributed by atoms with E-state index < -0.39 is 5.97 Å². The number of H-pyrrole nitrogens is 1. The highest BCUT2D eigenvalue weighted by Crippen LogP contribution is 2.16. The zero-order chi connectivity index (χ0) is 13.5. The number of rotatable bonds is 1. The molecule has 18 heavy (non-hydrogen) atoms. The number of carbonyl (C=O) groups is 1. The van der Waals surface area contributed by atoms with Crippen LogP contribution in [-0.4, -0.2) is 28.2 Å². The van der Waals surface area contributed by atoms with Crippen LogP contribution in [0.3, 0.4) is 0 Å². The second kappa shape index (κ2) is 3.97. The van der Waals surface area contributed by atoms with Crippen molar-refractivity contribution in [2.24, 2.45) is 4.99 Å². The van der Waals surface area contributed by atoms with E-state index in [1.807, 2.05) is 26.8 Å². The molecule has 96 valence electrons. The summed E-state index contributed by atoms with van der Waals surface area (Å²) in [6.45, 7) is 5.71. The van der Waals surface area contributed by atoms with Gasteiger partial charge in [-0.25, -0.2) is 14.4 Å². The lowest BCUT2D eigenvalue weighted by Crippen LogP contribution is -2.35. The third-order valence-corrected chi connectivity index (χ3v) is 2.66. The van der Waals surface area contributed by atoms with Crippen LogP contribution in [-0.2, 0) is 9.53 Å². The van der Waals surface area contributed by atoms with E-state index >= 15 is 0 Å². The van der Waals surface area contributed by atoms with Gasteiger partial charge in [0, 0.05) is 5.70 Å². The summed E-state index contributed by atoms with van der Waals surface area (Å²) in [6, 6.07) is 0. The van der Waals surface area contributed by atoms with Gasteiger partial charge in [-0.05, 0) is 26.8 Å². The van der Waals surface area contributed by atoms with Crippen LogP contribution < -0.4 is 16.5 Å². The number of nitrogens with zero attached hydrogens (tertiary/aromatic N) is 2. The second-order valence-corrected chi connectivity index (χ2v) is 4.72. The first-order chi connectivity index (χ1) is 8.34. The van der Waals surface area contributed by atoms with Gasteiger partial charge in [0.05, 0.1) is 18.7 Å². The molecule has 0 saturated carbocycles. The Morgan fingerprint density at radius 1 is 1.56 bits per heavy atom. The molecule has 6 heteroatoms. The van der Waals surface area contributed by atoms with Gasteiger partial charge in [-0.1, -0.05) is 0 Å². The van der Waals surface area contributed by atoms with Crippen molar-refractivity contribution in [2.75, 3.05) is 7.11 Å². The summed E-state index contributed by atoms with van der Waals surface area (Å²) in [7, 11) is 1.26. The predicted octanol–water partition coefficient (Wildman–Crippen LogP) is -0.597. The summed E-state index contributed by atoms with van der Waals surface area (Å²) in [6.07, 6.45) is 3.03. The van der Waals surface area contributed by atoms with Gasteiger partial charge in [-0.15, -0.1) is 0 Å². The third kappa shape index (κ3) is 2.01. The van der Waals surface area contributed by atoms with Crippen LogP contribution >= 0.6 is 0 Å². The number of fused-ring (bicyclic) bond motifs is 1. The fourth-order valence-corrected chi connectivity index (χ4v) is 2.01. The Balaban J connectivity index is 2.76. The van der Waals surface area contributed by atoms with Crippen LogP contribution in [0.4, 0.5) is 0 Å². The van der Waals surface area contributed by atoms with Crippen molar-refractivity contribution in [3.8, 4) is 0 Å². The summed E-state index contributed by atoms with van der Waals surface area (Å²) in [5, 5.41) is 0.172. The lowest BCUT2D eigenvalue weighted by molar-refractivity contribution is -0.133. The highest BCUT2D eigenvalue weighted by molar-refractivity contribution is 5.99. The zero-order valence-corrected chi connectivity index (χ0v) is 10.8. The van der Waals surface area contributed by atoms with Crippen molar-refractivity contribution in [3.63, 3.8) is 0 Å². The quantitative estimate of drug-likeness (QED) is 0.675. The van der Waals surface area contributed by atoms with Gasteiger partial charge in [-0.2, -0.15) is 0 Å². The lowest BCUT2D eigenvalue weighted by Gasteiger charge is -2.19. The fourth-order valence-electron chi connectivity index (χ4n) is 2.01. The van der Waals surface area contributed by atoms with Gasteiger partial charge >= 0.3 is 5.97 Å². The molecule has 0 atom stereocenters. The molecule has 0 saturated heterocycles. The molecule has 0 aromatic carbocycles. The molecule has 2 heterocycles. The number of nitrogens with one attached hydrogen (secondary N) is 1. The van der Waals surface area contributed by atoms with Gasteiger partial charge in [0.2, 0.25) is 5.62 Å². The smallest absolute Gasteiger partial charge is 0.332 e. The molecule has 0 amide bonds. The summed E-state index contributed by atoms with van der Waals surface area (Å²) in [5.74, 6) is -0.577. The Kier molecular flexibility index (Phi) is 2.73. The minimum Gasteiger partial charge on any atom is -0.466 e. The van der Waals surface area contributed by atoms with E-state index in [9.17, 15) is 9.59 Å². The predicted molar refractivity (Wildman–Crippen MR) is 66.3 cm³/mol. The van der Waals surface area contributed by atoms with Gasteiger partial charge in [0.15, 0.2) is 0 Å². The standard InChI is InChI=1S/C12H15N3O3/c1-7-6-12(2,3)14-11-13-8(5-9(16)18-4)10(17)15(7)11/h5-6H,1-4H3,(H,13,14)/b8-5+. The molecule has 0 unspecified atom stereocenters. The first kappa shape index (κ1) is 12.3. The monoisotopic (exact) mass is 249 g/mol. The van der Waals surface area contributed by atoms with Crippen molar-refractivity contribution in [2.45, 2.75) is 26.3 Å². The lowest BCUT2D eigenvalue weighted by atomic mass is 10.0. The Morgan fingerprint density at radius 3 is 2.83 bits per heavy atom. The molecule has 0 spiro atoms. The molecule has 1 aromatic rings. The van der Waals surface area contributed by atoms with Crippen LogP contribution in [0.2, 0.25) is 0 Å². The first-order valence-electron chi connectivity index (χ1n) is 5.54. The van der Waals surface area contributed by atoms with E-state index in [0.29, 0.717) is 5.62 Å². The van der Waals surface area contributed by atoms with E-state index in [4.69, 9.17) is 0 Å². The summed E-state index contributed by atoms with van der Waals surface area (Å²) >= 11 is 0. The van der Waals surface area contributed by atoms with Crippen molar-refractivity contribution in [3.05, 3.63) is 27.4 Å². The van der Waals surface area contributed by atoms with Gasteiger partial charge < -0.3 is 9.72 Å². The van der Waals surface area contributed by atoms with Crippen LogP contribution in [0.5, 0.6) is 0 Å². The molecule has 0 radical (unpaired) electrons. The van der Waals surface area contributed by atoms with Crippen LogP contribution in [0.15, 0.2) is 15.9 Å². The highest BCUT2D eigenvalue weighted by atomic mass is 16.5. The normalized spacial score (nSPS) is 17.8. The Bertz CT molecular complexity index is 704. The van der Waals surface area contributed by atoms with Gasteiger partial charge in [0.25, 0.3) is 5.56 Å². The van der Waals surface area contributed by atoms with Gasteiger partial charge in [0.1, 0.15) is 5.35 Å². The second-order valence-electron chi connectivity index (χ2n) is 4.72. The average Bonchev–Trinajstić information content (AvgIpc) is 2.53. The van der Waals surface area contributed by atoms with Crippen LogP contribution in [0.25, 0.3) is 11.8 Å². The fraction of sp³-hybridized carbons (Fsp3) is 0.417. The third-order valence-electron chi connectivity index (χ3n) is 2.66. The van der Waals surface area contributed by atoms with E-state index in [1.54, 1.807) is 0 Å². The zero-order valence-electron chi connectivity index (χ0n) is 10.8. The minimum atomic E-state index is -0.577. The van der Waals surface area contributed by atoms with Crippen LogP contribution in [0, 0.1) is 0 Å². The molecule has 0 fully saturated rings. The molecular formula is C12H15N3O3. The number of esters is 1. The number of aromatic nitrogens is 2. The molecule has 0 bridgehead atoms. The van der Waals surface area contributed by atoms with Crippen molar-refractivity contribution >= 4 is 17.7 Å². The first-order valence-corrected chi connectivity index (χ1v) is 5.54. The number of hydrogen-bond donors (Lipinski definition) is 1. The van der Waals surface area contributed by atoms with Gasteiger partial charge in [-0.3, -0.25) is 4.79 Å². The van der Waals surface area contributed by atoms with Crippen molar-refractivity contribution in [1.82, 2.24) is 9.55 Å². The largest absolute Gasteiger partial charge is 0.466 e. The number of methoxy groups -OCH3 is 1. The Morgan fingerprint density at radius 2 is 2.22 bits per heavy atom. The molecular weight excluding hydrogens is 234 g/mol. The summed E-state index contributed by atoms with van der Waals surface area (Å²) in [5.41, 5.74) is 0.559. The molecule has 6 nitrogen and oxygen atoms in total. The van der Waals surface area contributed by atoms with E-state index in [1.165, 1.54) is 11.7 Å². The van der Waals surface area contributed by atoms with E-state index in [2.05, 4.69) is 14.7 Å². The van der Waals surface area contributed by atoms with Crippen LogP contribution in [0.1, 0.15) is 20.8 Å². The molecule has 0 aliphatic carbocycles. The Labute approximate surface area is 103 Å². The average molecular weight is 249 g/mol. The minimum absolute atomic E-state index is 0.172. The number of aromatic amines is 1. The number of carbonyl (C=O) groups excluding carboxylic acids is 1. The molecule has 1 aliphatic rings. The number of hydrogen-bond acceptors (Lipinski definition) is 4. The summed E-state index contributed by atoms with van der Waals surface area (Å²) < 4.78 is 5.95. The maximum Gasteiger partial charge on any atom is 0.332 e. The number of ether oxygens (including phenoxy) is 1. The van der Waals surface area contributed by atoms with Crippen molar-refractivity contribution < 1.29 is 9.53 Å². The maximum absolute atomic E-state index is 12.1. The van der Waals surface area contributed by atoms with E-state index in [0.717, 1.165) is 11.8 Å². The molecule has 2 rings (SSSR count). The van der Waals surface area contributed by atoms with E-state index in [-0.39, 0.29) is 16.4 Å². The Hall–Kier alpha value is -2.11. The molecule has 1 aromatic heterocycles. The number of allylic oxidation sites excluding steroid dienone is 1. The topological polar surface area (TPSA) is 76.5 Å². The highest BCUT2D eigenvalue weighted by Gasteiger charge is 2.20. The number of imidazole rings is 1. The summed E-state index contributed by atoms with van der Waals surface area (Å²) in [4.78, 5) is 30.5. The maximum atomic E-state index is 12.1.